The minimum atomic E-state index is -0.793. The van der Waals surface area contributed by atoms with Gasteiger partial charge < -0.3 is 9.47 Å². The number of rotatable bonds is 2. The molecule has 0 amide bonds. The topological polar surface area (TPSA) is 35.5 Å². The van der Waals surface area contributed by atoms with Crippen LogP contribution in [-0.4, -0.2) is 18.4 Å². The van der Waals surface area contributed by atoms with Crippen molar-refractivity contribution in [3.63, 3.8) is 0 Å². The van der Waals surface area contributed by atoms with Crippen LogP contribution in [0.4, 0.5) is 0 Å². The third kappa shape index (κ3) is 1.79. The van der Waals surface area contributed by atoms with Crippen molar-refractivity contribution in [2.24, 2.45) is 11.3 Å². The summed E-state index contributed by atoms with van der Waals surface area (Å²) in [6.07, 6.45) is 5.10. The Bertz CT molecular complexity index is 504. The summed E-state index contributed by atoms with van der Waals surface area (Å²) in [4.78, 5) is 12.0. The molecule has 3 nitrogen and oxygen atoms in total. The van der Waals surface area contributed by atoms with E-state index >= 15 is 0 Å². The molecule has 0 unspecified atom stereocenters. The number of carbonyl (C=O) groups excluding carboxylic acids is 1. The van der Waals surface area contributed by atoms with Crippen molar-refractivity contribution in [3.8, 4) is 0 Å². The monoisotopic (exact) mass is 276 g/mol. The van der Waals surface area contributed by atoms with E-state index in [0.717, 1.165) is 36.8 Å². The number of ether oxygens (including phenoxy) is 2. The lowest BCUT2D eigenvalue weighted by molar-refractivity contribution is -0.225. The van der Waals surface area contributed by atoms with Crippen LogP contribution in [0.5, 0.6) is 0 Å². The summed E-state index contributed by atoms with van der Waals surface area (Å²) >= 11 is 0. The van der Waals surface area contributed by atoms with Crippen LogP contribution in [0.3, 0.4) is 0 Å². The fourth-order valence-electron chi connectivity index (χ4n) is 4.45. The van der Waals surface area contributed by atoms with Crippen molar-refractivity contribution in [2.45, 2.75) is 58.7 Å². The van der Waals surface area contributed by atoms with Gasteiger partial charge in [-0.3, -0.25) is 0 Å². The van der Waals surface area contributed by atoms with Crippen LogP contribution < -0.4 is 0 Å². The Morgan fingerprint density at radius 3 is 2.95 bits per heavy atom. The average molecular weight is 276 g/mol. The molecule has 0 radical (unpaired) electrons. The van der Waals surface area contributed by atoms with E-state index in [1.54, 1.807) is 0 Å². The zero-order valence-corrected chi connectivity index (χ0v) is 12.8. The number of hydrogen-bond donors (Lipinski definition) is 0. The summed E-state index contributed by atoms with van der Waals surface area (Å²) in [5.41, 5.74) is 3.29. The maximum atomic E-state index is 12.0. The molecule has 0 spiro atoms. The van der Waals surface area contributed by atoms with Gasteiger partial charge in [0.1, 0.15) is 0 Å². The largest absolute Gasteiger partial charge is 0.426 e. The van der Waals surface area contributed by atoms with Crippen LogP contribution in [0.2, 0.25) is 0 Å². The Balaban J connectivity index is 2.04. The highest BCUT2D eigenvalue weighted by atomic mass is 16.7. The summed E-state index contributed by atoms with van der Waals surface area (Å²) < 4.78 is 11.6. The quantitative estimate of drug-likeness (QED) is 0.569. The summed E-state index contributed by atoms with van der Waals surface area (Å²) in [6.45, 7) is 11.0. The van der Waals surface area contributed by atoms with E-state index in [2.05, 4.69) is 13.5 Å². The maximum Gasteiger partial charge on any atom is 0.336 e. The normalized spacial score (nSPS) is 40.5. The van der Waals surface area contributed by atoms with Crippen molar-refractivity contribution < 1.29 is 14.3 Å². The first kappa shape index (κ1) is 13.9. The molecule has 0 saturated heterocycles. The molecule has 2 fully saturated rings. The average Bonchev–Trinajstić information content (AvgIpc) is 2.59. The van der Waals surface area contributed by atoms with Gasteiger partial charge in [-0.25, -0.2) is 4.79 Å². The van der Waals surface area contributed by atoms with E-state index < -0.39 is 5.79 Å². The predicted molar refractivity (Wildman–Crippen MR) is 77.0 cm³/mol. The summed E-state index contributed by atoms with van der Waals surface area (Å²) in [6, 6.07) is 0. The summed E-state index contributed by atoms with van der Waals surface area (Å²) in [7, 11) is 0. The zero-order chi connectivity index (χ0) is 14.5. The molecule has 0 N–H and O–H groups in total. The first-order valence-corrected chi connectivity index (χ1v) is 7.67. The van der Waals surface area contributed by atoms with Gasteiger partial charge >= 0.3 is 5.97 Å². The molecule has 1 aliphatic heterocycles. The number of carbonyl (C=O) groups is 1. The van der Waals surface area contributed by atoms with Gasteiger partial charge in [-0.1, -0.05) is 19.1 Å². The van der Waals surface area contributed by atoms with Crippen LogP contribution in [0.25, 0.3) is 0 Å². The lowest BCUT2D eigenvalue weighted by atomic mass is 9.56. The summed E-state index contributed by atoms with van der Waals surface area (Å²) in [5, 5.41) is 0. The van der Waals surface area contributed by atoms with Gasteiger partial charge in [-0.05, 0) is 50.9 Å². The van der Waals surface area contributed by atoms with E-state index in [1.165, 1.54) is 12.0 Å². The van der Waals surface area contributed by atoms with Gasteiger partial charge in [0.2, 0.25) is 5.79 Å². The molecule has 110 valence electrons. The van der Waals surface area contributed by atoms with Crippen LogP contribution in [-0.2, 0) is 14.3 Å². The van der Waals surface area contributed by atoms with Crippen molar-refractivity contribution in [1.82, 2.24) is 0 Å². The van der Waals surface area contributed by atoms with Gasteiger partial charge in [-0.2, -0.15) is 0 Å². The Morgan fingerprint density at radius 2 is 2.25 bits per heavy atom. The smallest absolute Gasteiger partial charge is 0.336 e. The molecular weight excluding hydrogens is 252 g/mol. The highest BCUT2D eigenvalue weighted by molar-refractivity contribution is 5.92. The lowest BCUT2D eigenvalue weighted by Crippen LogP contribution is -2.50. The van der Waals surface area contributed by atoms with Gasteiger partial charge in [0.15, 0.2) is 0 Å². The Morgan fingerprint density at radius 1 is 1.50 bits per heavy atom. The second-order valence-electron chi connectivity index (χ2n) is 6.78. The standard InChI is InChI=1S/C17H24O3/c1-5-19-17-10-16(4)8-6-7-11(2)13(16)9-14(17)12(3)15(18)20-17/h13H,2,5-10H2,1,3-4H3/t13-,16+,17-/m0/s1. The first-order chi connectivity index (χ1) is 9.42. The molecule has 0 aromatic rings. The number of allylic oxidation sites excluding steroid dienone is 1. The van der Waals surface area contributed by atoms with E-state index in [9.17, 15) is 4.79 Å². The highest BCUT2D eigenvalue weighted by Crippen LogP contribution is 2.59. The van der Waals surface area contributed by atoms with Crippen molar-refractivity contribution >= 4 is 5.97 Å². The molecular formula is C17H24O3. The fourth-order valence-corrected chi connectivity index (χ4v) is 4.45. The number of fused-ring (bicyclic) bond motifs is 2. The molecule has 3 atom stereocenters. The molecule has 0 bridgehead atoms. The van der Waals surface area contributed by atoms with Gasteiger partial charge in [-0.15, -0.1) is 0 Å². The number of hydrogen-bond acceptors (Lipinski definition) is 3. The Labute approximate surface area is 121 Å². The van der Waals surface area contributed by atoms with E-state index in [1.807, 2.05) is 13.8 Å². The van der Waals surface area contributed by atoms with E-state index in [-0.39, 0.29) is 11.4 Å². The second kappa shape index (κ2) is 4.45. The van der Waals surface area contributed by atoms with Crippen LogP contribution >= 0.6 is 0 Å². The fraction of sp³-hybridized carbons (Fsp3) is 0.706. The van der Waals surface area contributed by atoms with Crippen molar-refractivity contribution in [3.05, 3.63) is 23.3 Å². The van der Waals surface area contributed by atoms with Gasteiger partial charge in [0.05, 0.1) is 0 Å². The highest BCUT2D eigenvalue weighted by Gasteiger charge is 2.58. The van der Waals surface area contributed by atoms with Gasteiger partial charge in [0.25, 0.3) is 0 Å². The third-order valence-electron chi connectivity index (χ3n) is 5.48. The van der Waals surface area contributed by atoms with E-state index in [0.29, 0.717) is 12.5 Å². The Hall–Kier alpha value is -1.09. The molecule has 3 heteroatoms. The minimum Gasteiger partial charge on any atom is -0.426 e. The predicted octanol–water partition coefficient (Wildman–Crippen LogP) is 3.75. The molecule has 2 aliphatic carbocycles. The molecule has 1 heterocycles. The zero-order valence-electron chi connectivity index (χ0n) is 12.8. The Kier molecular flexibility index (Phi) is 3.09. The van der Waals surface area contributed by atoms with E-state index in [4.69, 9.17) is 9.47 Å². The first-order valence-electron chi connectivity index (χ1n) is 7.67. The van der Waals surface area contributed by atoms with Crippen LogP contribution in [0, 0.1) is 11.3 Å². The van der Waals surface area contributed by atoms with Crippen LogP contribution in [0.1, 0.15) is 52.9 Å². The third-order valence-corrected chi connectivity index (χ3v) is 5.48. The van der Waals surface area contributed by atoms with Crippen molar-refractivity contribution in [1.29, 1.82) is 0 Å². The summed E-state index contributed by atoms with van der Waals surface area (Å²) in [5.74, 6) is -0.538. The lowest BCUT2D eigenvalue weighted by Gasteiger charge is -2.52. The van der Waals surface area contributed by atoms with Crippen LogP contribution in [0.15, 0.2) is 23.3 Å². The molecule has 3 aliphatic rings. The molecule has 0 aromatic heterocycles. The van der Waals surface area contributed by atoms with Crippen molar-refractivity contribution in [2.75, 3.05) is 6.61 Å². The second-order valence-corrected chi connectivity index (χ2v) is 6.78. The SMILES string of the molecule is C=C1CCC[C@]2(C)C[C@]3(OCC)OC(=O)C(C)=C3C[C@@H]12. The molecule has 20 heavy (non-hydrogen) atoms. The molecule has 0 aromatic carbocycles. The minimum absolute atomic E-state index is 0.138. The molecule has 3 rings (SSSR count). The molecule has 2 saturated carbocycles. The van der Waals surface area contributed by atoms with Gasteiger partial charge in [0, 0.05) is 24.2 Å². The number of esters is 1. The maximum absolute atomic E-state index is 12.0.